The predicted octanol–water partition coefficient (Wildman–Crippen LogP) is 2.48. The number of hydrogen-bond acceptors (Lipinski definition) is 4. The third-order valence-electron chi connectivity index (χ3n) is 4.16. The number of urea groups is 1. The summed E-state index contributed by atoms with van der Waals surface area (Å²) < 4.78 is 0. The fourth-order valence-electron chi connectivity index (χ4n) is 2.86. The lowest BCUT2D eigenvalue weighted by atomic mass is 10.0. The standard InChI is InChI=1S/C18H21N3O2S/c1-13-7-10-24-17(13)15(11-14-5-3-2-4-6-14)20-12-16(22)21-9-8-19-18(21)23/h2-7,10,15,20H,8-9,11-12H2,1H3,(H,19,23)/t15-/m0/s1. The second kappa shape index (κ2) is 7.59. The van der Waals surface area contributed by atoms with E-state index in [1.165, 1.54) is 20.9 Å². The lowest BCUT2D eigenvalue weighted by Gasteiger charge is -2.20. The molecule has 1 aromatic heterocycles. The van der Waals surface area contributed by atoms with Gasteiger partial charge < -0.3 is 10.6 Å². The van der Waals surface area contributed by atoms with Gasteiger partial charge >= 0.3 is 6.03 Å². The third kappa shape index (κ3) is 3.83. The van der Waals surface area contributed by atoms with Gasteiger partial charge in [-0.05, 0) is 35.9 Å². The predicted molar refractivity (Wildman–Crippen MR) is 95.1 cm³/mol. The quantitative estimate of drug-likeness (QED) is 0.847. The first kappa shape index (κ1) is 16.7. The second-order valence-corrected chi connectivity index (χ2v) is 6.82. The highest BCUT2D eigenvalue weighted by molar-refractivity contribution is 7.10. The number of benzene rings is 1. The van der Waals surface area contributed by atoms with E-state index < -0.39 is 0 Å². The van der Waals surface area contributed by atoms with Crippen LogP contribution in [0.2, 0.25) is 0 Å². The fourth-order valence-corrected chi connectivity index (χ4v) is 3.87. The van der Waals surface area contributed by atoms with Crippen molar-refractivity contribution in [2.24, 2.45) is 0 Å². The largest absolute Gasteiger partial charge is 0.336 e. The molecule has 2 aromatic rings. The van der Waals surface area contributed by atoms with Crippen molar-refractivity contribution in [1.29, 1.82) is 0 Å². The van der Waals surface area contributed by atoms with Gasteiger partial charge in [-0.3, -0.25) is 9.69 Å². The van der Waals surface area contributed by atoms with Crippen molar-refractivity contribution in [2.45, 2.75) is 19.4 Å². The number of rotatable bonds is 6. The highest BCUT2D eigenvalue weighted by atomic mass is 32.1. The maximum absolute atomic E-state index is 12.3. The Labute approximate surface area is 145 Å². The van der Waals surface area contributed by atoms with Crippen LogP contribution in [0.3, 0.4) is 0 Å². The van der Waals surface area contributed by atoms with E-state index in [9.17, 15) is 9.59 Å². The molecule has 0 spiro atoms. The van der Waals surface area contributed by atoms with E-state index in [4.69, 9.17) is 0 Å². The average molecular weight is 343 g/mol. The first-order chi connectivity index (χ1) is 11.6. The van der Waals surface area contributed by atoms with E-state index >= 15 is 0 Å². The summed E-state index contributed by atoms with van der Waals surface area (Å²) in [5.74, 6) is -0.183. The number of carbonyl (C=O) groups is 2. The van der Waals surface area contributed by atoms with Crippen LogP contribution in [-0.2, 0) is 11.2 Å². The molecule has 1 fully saturated rings. The van der Waals surface area contributed by atoms with Crippen molar-refractivity contribution in [3.05, 3.63) is 57.8 Å². The average Bonchev–Trinajstić information content (AvgIpc) is 3.20. The van der Waals surface area contributed by atoms with E-state index in [2.05, 4.69) is 41.1 Å². The number of thiophene rings is 1. The molecular weight excluding hydrogens is 322 g/mol. The van der Waals surface area contributed by atoms with Crippen LogP contribution in [0.25, 0.3) is 0 Å². The summed E-state index contributed by atoms with van der Waals surface area (Å²) in [5.41, 5.74) is 2.44. The van der Waals surface area contributed by atoms with Gasteiger partial charge in [0, 0.05) is 24.0 Å². The summed E-state index contributed by atoms with van der Waals surface area (Å²) in [6.07, 6.45) is 0.807. The highest BCUT2D eigenvalue weighted by Gasteiger charge is 2.26. The molecule has 3 amide bonds. The van der Waals surface area contributed by atoms with E-state index in [1.54, 1.807) is 11.3 Å². The molecule has 1 aliphatic heterocycles. The zero-order valence-corrected chi connectivity index (χ0v) is 14.4. The van der Waals surface area contributed by atoms with Crippen molar-refractivity contribution in [3.8, 4) is 0 Å². The van der Waals surface area contributed by atoms with Gasteiger partial charge in [0.2, 0.25) is 5.91 Å². The van der Waals surface area contributed by atoms with Crippen LogP contribution in [-0.4, -0.2) is 36.5 Å². The van der Waals surface area contributed by atoms with Gasteiger partial charge in [0.1, 0.15) is 0 Å². The Hall–Kier alpha value is -2.18. The molecule has 1 atom stereocenters. The van der Waals surface area contributed by atoms with Crippen molar-refractivity contribution in [3.63, 3.8) is 0 Å². The Morgan fingerprint density at radius 2 is 2.12 bits per heavy atom. The number of carbonyl (C=O) groups excluding carboxylic acids is 2. The van der Waals surface area contributed by atoms with Crippen molar-refractivity contribution < 1.29 is 9.59 Å². The third-order valence-corrected chi connectivity index (χ3v) is 5.29. The summed E-state index contributed by atoms with van der Waals surface area (Å²) in [6, 6.07) is 12.1. The van der Waals surface area contributed by atoms with E-state index in [-0.39, 0.29) is 24.5 Å². The van der Waals surface area contributed by atoms with Crippen LogP contribution < -0.4 is 10.6 Å². The van der Waals surface area contributed by atoms with Crippen LogP contribution in [0, 0.1) is 6.92 Å². The minimum absolute atomic E-state index is 0.0574. The number of aryl methyl sites for hydroxylation is 1. The molecule has 0 saturated carbocycles. The fraction of sp³-hybridized carbons (Fsp3) is 0.333. The van der Waals surface area contributed by atoms with Gasteiger partial charge in [-0.15, -0.1) is 11.3 Å². The SMILES string of the molecule is Cc1ccsc1[C@H](Cc1ccccc1)NCC(=O)N1CCNC1=O. The highest BCUT2D eigenvalue weighted by Crippen LogP contribution is 2.26. The number of nitrogens with zero attached hydrogens (tertiary/aromatic N) is 1. The molecule has 24 heavy (non-hydrogen) atoms. The van der Waals surface area contributed by atoms with Crippen LogP contribution >= 0.6 is 11.3 Å². The Bertz CT molecular complexity index is 714. The number of hydrogen-bond donors (Lipinski definition) is 2. The summed E-state index contributed by atoms with van der Waals surface area (Å²) >= 11 is 1.69. The lowest BCUT2D eigenvalue weighted by Crippen LogP contribution is -2.41. The number of amides is 3. The maximum Gasteiger partial charge on any atom is 0.324 e. The van der Waals surface area contributed by atoms with E-state index in [0.29, 0.717) is 13.1 Å². The van der Waals surface area contributed by atoms with Gasteiger partial charge in [0.25, 0.3) is 0 Å². The second-order valence-electron chi connectivity index (χ2n) is 5.87. The molecule has 3 rings (SSSR count). The Balaban J connectivity index is 1.69. The zero-order chi connectivity index (χ0) is 16.9. The van der Waals surface area contributed by atoms with Crippen LogP contribution in [0.4, 0.5) is 4.79 Å². The molecule has 1 aliphatic rings. The first-order valence-electron chi connectivity index (χ1n) is 8.04. The molecule has 126 valence electrons. The van der Waals surface area contributed by atoms with Gasteiger partial charge in [0.15, 0.2) is 0 Å². The van der Waals surface area contributed by atoms with Gasteiger partial charge in [-0.2, -0.15) is 0 Å². The van der Waals surface area contributed by atoms with Crippen molar-refractivity contribution in [2.75, 3.05) is 19.6 Å². The van der Waals surface area contributed by atoms with Gasteiger partial charge in [-0.1, -0.05) is 30.3 Å². The smallest absolute Gasteiger partial charge is 0.324 e. The normalized spacial score (nSPS) is 15.4. The Morgan fingerprint density at radius 1 is 1.33 bits per heavy atom. The summed E-state index contributed by atoms with van der Waals surface area (Å²) in [7, 11) is 0. The molecule has 1 aromatic carbocycles. The van der Waals surface area contributed by atoms with Gasteiger partial charge in [0.05, 0.1) is 6.54 Å². The number of imide groups is 1. The van der Waals surface area contributed by atoms with Gasteiger partial charge in [-0.25, -0.2) is 4.79 Å². The summed E-state index contributed by atoms with van der Waals surface area (Å²) in [5, 5.41) is 8.07. The number of nitrogens with one attached hydrogen (secondary N) is 2. The van der Waals surface area contributed by atoms with E-state index in [0.717, 1.165) is 6.42 Å². The summed E-state index contributed by atoms with van der Waals surface area (Å²) in [4.78, 5) is 26.4. The molecule has 1 saturated heterocycles. The topological polar surface area (TPSA) is 61.4 Å². The van der Waals surface area contributed by atoms with Crippen molar-refractivity contribution in [1.82, 2.24) is 15.5 Å². The minimum Gasteiger partial charge on any atom is -0.336 e. The summed E-state index contributed by atoms with van der Waals surface area (Å²) in [6.45, 7) is 3.21. The molecular formula is C18H21N3O2S. The molecule has 2 heterocycles. The van der Waals surface area contributed by atoms with Crippen LogP contribution in [0.15, 0.2) is 41.8 Å². The molecule has 0 bridgehead atoms. The van der Waals surface area contributed by atoms with E-state index in [1.807, 2.05) is 18.2 Å². The molecule has 2 N–H and O–H groups in total. The van der Waals surface area contributed by atoms with Crippen LogP contribution in [0.1, 0.15) is 22.0 Å². The zero-order valence-electron chi connectivity index (χ0n) is 13.6. The monoisotopic (exact) mass is 343 g/mol. The maximum atomic E-state index is 12.3. The molecule has 0 unspecified atom stereocenters. The first-order valence-corrected chi connectivity index (χ1v) is 8.92. The minimum atomic E-state index is -0.297. The van der Waals surface area contributed by atoms with Crippen LogP contribution in [0.5, 0.6) is 0 Å². The molecule has 0 aliphatic carbocycles. The lowest BCUT2D eigenvalue weighted by molar-refractivity contribution is -0.126. The Morgan fingerprint density at radius 3 is 2.75 bits per heavy atom. The Kier molecular flexibility index (Phi) is 5.27. The molecule has 6 heteroatoms. The molecule has 5 nitrogen and oxygen atoms in total. The van der Waals surface area contributed by atoms with Crippen molar-refractivity contribution >= 4 is 23.3 Å². The molecule has 0 radical (unpaired) electrons.